The second kappa shape index (κ2) is 7.91. The Bertz CT molecular complexity index is 906. The topological polar surface area (TPSA) is 76.2 Å². The number of rotatable bonds is 7. The number of benzene rings is 1. The number of alkyl halides is 2. The van der Waals surface area contributed by atoms with Crippen molar-refractivity contribution in [2.24, 2.45) is 0 Å². The maximum atomic E-state index is 12.6. The third kappa shape index (κ3) is 4.14. The standard InChI is InChI=1S/C16H12F3N3O3S/c17-16(18)24-14-7-6-12(15(21-14)25-19)22-26(23)11-8-13(20-9-11)10-4-2-1-3-5-10/h1-9,16,20,22H. The van der Waals surface area contributed by atoms with Crippen molar-refractivity contribution >= 4 is 16.7 Å². The highest BCUT2D eigenvalue weighted by Crippen LogP contribution is 2.28. The number of nitrogens with zero attached hydrogens (tertiary/aromatic N) is 1. The van der Waals surface area contributed by atoms with Crippen molar-refractivity contribution < 1.29 is 27.2 Å². The Morgan fingerprint density at radius 2 is 1.92 bits per heavy atom. The minimum absolute atomic E-state index is 0.0880. The van der Waals surface area contributed by atoms with Crippen molar-refractivity contribution in [2.45, 2.75) is 11.5 Å². The largest absolute Gasteiger partial charge is 0.417 e. The molecule has 0 spiro atoms. The summed E-state index contributed by atoms with van der Waals surface area (Å²) in [7, 11) is -1.77. The van der Waals surface area contributed by atoms with Gasteiger partial charge in [-0.05, 0) is 17.7 Å². The van der Waals surface area contributed by atoms with Crippen molar-refractivity contribution in [1.29, 1.82) is 0 Å². The zero-order valence-electron chi connectivity index (χ0n) is 13.0. The van der Waals surface area contributed by atoms with Crippen LogP contribution in [0.25, 0.3) is 11.3 Å². The van der Waals surface area contributed by atoms with E-state index in [1.54, 1.807) is 6.07 Å². The summed E-state index contributed by atoms with van der Waals surface area (Å²) in [5.74, 6) is -1.20. The van der Waals surface area contributed by atoms with Gasteiger partial charge in [0.1, 0.15) is 5.69 Å². The van der Waals surface area contributed by atoms with E-state index >= 15 is 0 Å². The predicted octanol–water partition coefficient (Wildman–Crippen LogP) is 4.08. The second-order valence-electron chi connectivity index (χ2n) is 4.94. The maximum Gasteiger partial charge on any atom is 0.388 e. The van der Waals surface area contributed by atoms with E-state index in [2.05, 4.69) is 24.4 Å². The van der Waals surface area contributed by atoms with Gasteiger partial charge in [-0.15, -0.1) is 0 Å². The van der Waals surface area contributed by atoms with E-state index in [4.69, 9.17) is 0 Å². The molecular formula is C16H12F3N3O3S. The SMILES string of the molecule is O=S(Nc1ccc(OC(F)F)nc1OF)c1c[nH]c(-c2ccccc2)c1. The van der Waals surface area contributed by atoms with Crippen molar-refractivity contribution in [3.05, 3.63) is 54.7 Å². The average molecular weight is 383 g/mol. The molecule has 0 amide bonds. The lowest BCUT2D eigenvalue weighted by molar-refractivity contribution is -0.0552. The molecule has 2 heterocycles. The van der Waals surface area contributed by atoms with E-state index in [1.807, 2.05) is 30.3 Å². The molecular weight excluding hydrogens is 371 g/mol. The van der Waals surface area contributed by atoms with Gasteiger partial charge in [-0.2, -0.15) is 13.8 Å². The summed E-state index contributed by atoms with van der Waals surface area (Å²) < 4.78 is 55.9. The fraction of sp³-hybridized carbons (Fsp3) is 0.0625. The number of hydrogen-bond donors (Lipinski definition) is 2. The number of aromatic amines is 1. The number of aromatic nitrogens is 2. The number of halogens is 3. The number of H-pyrrole nitrogens is 1. The molecule has 0 saturated carbocycles. The fourth-order valence-corrected chi connectivity index (χ4v) is 3.01. The van der Waals surface area contributed by atoms with E-state index < -0.39 is 29.4 Å². The Hall–Kier alpha value is -3.01. The molecule has 0 saturated heterocycles. The molecule has 2 aromatic heterocycles. The van der Waals surface area contributed by atoms with Crippen molar-refractivity contribution in [1.82, 2.24) is 9.97 Å². The molecule has 0 radical (unpaired) electrons. The van der Waals surface area contributed by atoms with Crippen LogP contribution in [0.1, 0.15) is 0 Å². The van der Waals surface area contributed by atoms with Crippen LogP contribution < -0.4 is 14.4 Å². The Kier molecular flexibility index (Phi) is 5.42. The van der Waals surface area contributed by atoms with Crippen LogP contribution in [0.15, 0.2) is 59.6 Å². The summed E-state index contributed by atoms with van der Waals surface area (Å²) in [5.41, 5.74) is 1.56. The molecule has 0 bridgehead atoms. The number of nitrogens with one attached hydrogen (secondary N) is 2. The molecule has 10 heteroatoms. The number of pyridine rings is 1. The summed E-state index contributed by atoms with van der Waals surface area (Å²) >= 11 is 0. The van der Waals surface area contributed by atoms with E-state index in [0.29, 0.717) is 4.90 Å². The van der Waals surface area contributed by atoms with E-state index in [-0.39, 0.29) is 5.69 Å². The van der Waals surface area contributed by atoms with Gasteiger partial charge in [-0.3, -0.25) is 9.66 Å². The summed E-state index contributed by atoms with van der Waals surface area (Å²) in [6.45, 7) is -3.11. The first-order valence-corrected chi connectivity index (χ1v) is 8.38. The first kappa shape index (κ1) is 17.8. The maximum absolute atomic E-state index is 12.6. The van der Waals surface area contributed by atoms with Crippen molar-refractivity contribution in [3.63, 3.8) is 0 Å². The second-order valence-corrected chi connectivity index (χ2v) is 6.16. The van der Waals surface area contributed by atoms with E-state index in [9.17, 15) is 17.5 Å². The Morgan fingerprint density at radius 1 is 1.15 bits per heavy atom. The zero-order valence-corrected chi connectivity index (χ0v) is 13.8. The highest BCUT2D eigenvalue weighted by atomic mass is 32.2. The summed E-state index contributed by atoms with van der Waals surface area (Å²) in [5, 5.41) is 0. The fourth-order valence-electron chi connectivity index (χ4n) is 2.14. The number of anilines is 1. The number of hydrogen-bond acceptors (Lipinski definition) is 4. The third-order valence-electron chi connectivity index (χ3n) is 3.28. The molecule has 1 atom stereocenters. The van der Waals surface area contributed by atoms with Gasteiger partial charge in [0.25, 0.3) is 5.88 Å². The van der Waals surface area contributed by atoms with Crippen LogP contribution in [0.3, 0.4) is 0 Å². The minimum Gasteiger partial charge on any atom is -0.417 e. The van der Waals surface area contributed by atoms with Crippen LogP contribution in [0, 0.1) is 0 Å². The van der Waals surface area contributed by atoms with E-state index in [1.165, 1.54) is 12.3 Å². The average Bonchev–Trinajstić information content (AvgIpc) is 3.13. The summed E-state index contributed by atoms with van der Waals surface area (Å²) in [6, 6.07) is 13.3. The number of ether oxygens (including phenoxy) is 1. The molecule has 3 rings (SSSR count). The van der Waals surface area contributed by atoms with Gasteiger partial charge in [0.05, 0.1) is 4.90 Å². The first-order valence-electron chi connectivity index (χ1n) is 7.23. The van der Waals surface area contributed by atoms with Crippen molar-refractivity contribution in [3.8, 4) is 23.0 Å². The van der Waals surface area contributed by atoms with Gasteiger partial charge >= 0.3 is 6.61 Å². The lowest BCUT2D eigenvalue weighted by Crippen LogP contribution is -2.07. The molecule has 0 aliphatic rings. The molecule has 0 fully saturated rings. The third-order valence-corrected chi connectivity index (χ3v) is 4.34. The van der Waals surface area contributed by atoms with Gasteiger partial charge in [0, 0.05) is 22.5 Å². The van der Waals surface area contributed by atoms with Crippen LogP contribution in [0.4, 0.5) is 19.0 Å². The van der Waals surface area contributed by atoms with Gasteiger partial charge in [0.2, 0.25) is 5.88 Å². The quantitative estimate of drug-likeness (QED) is 0.645. The molecule has 1 aromatic carbocycles. The summed E-state index contributed by atoms with van der Waals surface area (Å²) in [4.78, 5) is 10.3. The Balaban J connectivity index is 1.77. The molecule has 136 valence electrons. The van der Waals surface area contributed by atoms with Crippen LogP contribution in [0.5, 0.6) is 11.8 Å². The smallest absolute Gasteiger partial charge is 0.388 e. The van der Waals surface area contributed by atoms with Gasteiger partial charge in [-0.25, -0.2) is 4.21 Å². The molecule has 0 aliphatic heterocycles. The van der Waals surface area contributed by atoms with Crippen LogP contribution >= 0.6 is 0 Å². The lowest BCUT2D eigenvalue weighted by Gasteiger charge is -2.09. The highest BCUT2D eigenvalue weighted by Gasteiger charge is 2.15. The Morgan fingerprint density at radius 3 is 2.62 bits per heavy atom. The molecule has 2 N–H and O–H groups in total. The first-order chi connectivity index (χ1) is 12.6. The van der Waals surface area contributed by atoms with Gasteiger partial charge < -0.3 is 9.72 Å². The molecule has 0 aliphatic carbocycles. The van der Waals surface area contributed by atoms with Crippen LogP contribution in [-0.2, 0) is 11.0 Å². The minimum atomic E-state index is -3.11. The van der Waals surface area contributed by atoms with Crippen LogP contribution in [-0.4, -0.2) is 20.8 Å². The van der Waals surface area contributed by atoms with Crippen LogP contribution in [0.2, 0.25) is 0 Å². The molecule has 3 aromatic rings. The summed E-state index contributed by atoms with van der Waals surface area (Å²) in [6.07, 6.45) is 1.53. The van der Waals surface area contributed by atoms with Crippen molar-refractivity contribution in [2.75, 3.05) is 4.72 Å². The van der Waals surface area contributed by atoms with Gasteiger partial charge in [-0.1, -0.05) is 30.3 Å². The van der Waals surface area contributed by atoms with Gasteiger partial charge in [0.15, 0.2) is 11.0 Å². The normalized spacial score (nSPS) is 12.0. The molecule has 26 heavy (non-hydrogen) atoms. The predicted molar refractivity (Wildman–Crippen MR) is 88.9 cm³/mol. The highest BCUT2D eigenvalue weighted by molar-refractivity contribution is 7.86. The molecule has 6 nitrogen and oxygen atoms in total. The Labute approximate surface area is 148 Å². The van der Waals surface area contributed by atoms with E-state index in [0.717, 1.165) is 17.3 Å². The zero-order chi connectivity index (χ0) is 18.5. The monoisotopic (exact) mass is 383 g/mol. The lowest BCUT2D eigenvalue weighted by atomic mass is 10.2. The molecule has 1 unspecified atom stereocenters.